The highest BCUT2D eigenvalue weighted by Gasteiger charge is 2.28. The first-order valence-electron chi connectivity index (χ1n) is 9.15. The number of anilines is 1. The van der Waals surface area contributed by atoms with Crippen LogP contribution in [0.3, 0.4) is 0 Å². The highest BCUT2D eigenvalue weighted by molar-refractivity contribution is 7.22. The molecule has 0 radical (unpaired) electrons. The Balaban J connectivity index is 0.00000341. The molecule has 11 heteroatoms. The molecule has 0 unspecified atom stereocenters. The Bertz CT molecular complexity index is 1090. The lowest BCUT2D eigenvalue weighted by Crippen LogP contribution is -2.33. The van der Waals surface area contributed by atoms with E-state index < -0.39 is 10.8 Å². The van der Waals surface area contributed by atoms with Gasteiger partial charge in [0.2, 0.25) is 0 Å². The molecule has 0 saturated heterocycles. The van der Waals surface area contributed by atoms with Crippen molar-refractivity contribution in [3.05, 3.63) is 57.1 Å². The first kappa shape index (κ1) is 24.8. The molecule has 3 aromatic rings. The summed E-state index contributed by atoms with van der Waals surface area (Å²) in [7, 11) is 5.46. The number of halogens is 2. The summed E-state index contributed by atoms with van der Waals surface area (Å²) in [6.07, 6.45) is 0.673. The number of methoxy groups -OCH3 is 1. The molecule has 166 valence electrons. The number of nitro benzene ring substituents is 1. The topological polar surface area (TPSA) is 88.8 Å². The molecule has 1 heterocycles. The second kappa shape index (κ2) is 10.7. The molecule has 3 rings (SSSR count). The molecule has 1 amide bonds. The summed E-state index contributed by atoms with van der Waals surface area (Å²) in [5.74, 6) is 0.157. The fourth-order valence-corrected chi connectivity index (χ4v) is 4.09. The third-order valence-corrected chi connectivity index (χ3v) is 5.73. The van der Waals surface area contributed by atoms with E-state index in [0.717, 1.165) is 11.2 Å². The highest BCUT2D eigenvalue weighted by atomic mass is 35.5. The van der Waals surface area contributed by atoms with E-state index in [9.17, 15) is 14.9 Å². The van der Waals surface area contributed by atoms with Crippen LogP contribution in [0, 0.1) is 10.1 Å². The third kappa shape index (κ3) is 5.82. The predicted octanol–water partition coefficient (Wildman–Crippen LogP) is 4.89. The van der Waals surface area contributed by atoms with Crippen molar-refractivity contribution >= 4 is 62.3 Å². The van der Waals surface area contributed by atoms with Gasteiger partial charge >= 0.3 is 0 Å². The number of carbonyl (C=O) groups excluding carboxylic acids is 1. The minimum Gasteiger partial charge on any atom is -0.497 e. The summed E-state index contributed by atoms with van der Waals surface area (Å²) in [6.45, 7) is 1.11. The average molecular weight is 485 g/mol. The van der Waals surface area contributed by atoms with E-state index in [1.54, 1.807) is 13.2 Å². The molecule has 1 aromatic heterocycles. The van der Waals surface area contributed by atoms with E-state index in [1.165, 1.54) is 34.4 Å². The summed E-state index contributed by atoms with van der Waals surface area (Å²) in [4.78, 5) is 32.4. The van der Waals surface area contributed by atoms with Crippen molar-refractivity contribution in [2.75, 3.05) is 39.2 Å². The quantitative estimate of drug-likeness (QED) is 0.334. The molecule has 0 spiro atoms. The number of benzene rings is 2. The lowest BCUT2D eigenvalue weighted by molar-refractivity contribution is -0.385. The predicted molar refractivity (Wildman–Crippen MR) is 126 cm³/mol. The van der Waals surface area contributed by atoms with Gasteiger partial charge in [0.25, 0.3) is 11.6 Å². The maximum Gasteiger partial charge on any atom is 0.282 e. The summed E-state index contributed by atoms with van der Waals surface area (Å²) >= 11 is 7.38. The van der Waals surface area contributed by atoms with Crippen LogP contribution in [-0.2, 0) is 0 Å². The van der Waals surface area contributed by atoms with Gasteiger partial charge in [-0.05, 0) is 51.3 Å². The second-order valence-corrected chi connectivity index (χ2v) is 8.31. The Morgan fingerprint density at radius 1 is 1.23 bits per heavy atom. The minimum absolute atomic E-state index is 0. The van der Waals surface area contributed by atoms with Gasteiger partial charge in [-0.15, -0.1) is 12.4 Å². The molecular formula is C20H22Cl2N4O4S. The molecule has 0 aliphatic rings. The molecule has 0 bridgehead atoms. The van der Waals surface area contributed by atoms with E-state index in [1.807, 2.05) is 31.1 Å². The largest absolute Gasteiger partial charge is 0.497 e. The van der Waals surface area contributed by atoms with Crippen molar-refractivity contribution in [3.8, 4) is 5.75 Å². The Kier molecular flexibility index (Phi) is 8.58. The number of hydrogen-bond acceptors (Lipinski definition) is 7. The van der Waals surface area contributed by atoms with Gasteiger partial charge in [0.1, 0.15) is 11.3 Å². The fourth-order valence-electron chi connectivity index (χ4n) is 2.95. The van der Waals surface area contributed by atoms with E-state index in [-0.39, 0.29) is 28.7 Å². The van der Waals surface area contributed by atoms with Gasteiger partial charge in [0, 0.05) is 23.7 Å². The zero-order chi connectivity index (χ0) is 21.8. The standard InChI is InChI=1S/C20H21ClN4O4S.ClH/c1-23(2)9-4-10-24(19(26)15-11-13(21)5-7-17(15)25(27)28)20-22-16-12-14(29-3)6-8-18(16)30-20;/h5-8,11-12H,4,9-10H2,1-3H3;1H. The Hall–Kier alpha value is -2.46. The molecular weight excluding hydrogens is 463 g/mol. The number of thiazole rings is 1. The maximum atomic E-state index is 13.4. The molecule has 31 heavy (non-hydrogen) atoms. The fraction of sp³-hybridized carbons (Fsp3) is 0.300. The van der Waals surface area contributed by atoms with Gasteiger partial charge in [-0.2, -0.15) is 0 Å². The van der Waals surface area contributed by atoms with E-state index >= 15 is 0 Å². The van der Waals surface area contributed by atoms with Crippen LogP contribution in [0.25, 0.3) is 10.2 Å². The minimum atomic E-state index is -0.579. The Labute approximate surface area is 194 Å². The van der Waals surface area contributed by atoms with Gasteiger partial charge < -0.3 is 9.64 Å². The van der Waals surface area contributed by atoms with Crippen molar-refractivity contribution in [2.45, 2.75) is 6.42 Å². The number of ether oxygens (including phenoxy) is 1. The van der Waals surface area contributed by atoms with Crippen molar-refractivity contribution in [2.24, 2.45) is 0 Å². The van der Waals surface area contributed by atoms with Crippen molar-refractivity contribution in [1.29, 1.82) is 0 Å². The van der Waals surface area contributed by atoms with Gasteiger partial charge in [-0.25, -0.2) is 4.98 Å². The average Bonchev–Trinajstić information content (AvgIpc) is 3.12. The Morgan fingerprint density at radius 3 is 2.61 bits per heavy atom. The van der Waals surface area contributed by atoms with Crippen molar-refractivity contribution in [1.82, 2.24) is 9.88 Å². The molecule has 0 aliphatic heterocycles. The monoisotopic (exact) mass is 484 g/mol. The van der Waals surface area contributed by atoms with Gasteiger partial charge in [-0.3, -0.25) is 19.8 Å². The lowest BCUT2D eigenvalue weighted by Gasteiger charge is -2.21. The summed E-state index contributed by atoms with van der Waals surface area (Å²) in [5.41, 5.74) is 0.347. The van der Waals surface area contributed by atoms with Crippen molar-refractivity contribution < 1.29 is 14.5 Å². The lowest BCUT2D eigenvalue weighted by atomic mass is 10.1. The number of hydrogen-bond donors (Lipinski definition) is 0. The van der Waals surface area contributed by atoms with Crippen LogP contribution >= 0.6 is 35.3 Å². The summed E-state index contributed by atoms with van der Waals surface area (Å²) in [6, 6.07) is 9.47. The SMILES string of the molecule is COc1ccc2sc(N(CCCN(C)C)C(=O)c3cc(Cl)ccc3[N+](=O)[O-])nc2c1.Cl. The molecule has 2 aromatic carbocycles. The number of nitrogens with zero attached hydrogens (tertiary/aromatic N) is 4. The maximum absolute atomic E-state index is 13.4. The molecule has 0 aliphatic carbocycles. The molecule has 0 N–H and O–H groups in total. The van der Waals surface area contributed by atoms with Crippen LogP contribution in [0.2, 0.25) is 5.02 Å². The number of carbonyl (C=O) groups is 1. The van der Waals surface area contributed by atoms with Crippen LogP contribution in [-0.4, -0.2) is 55.0 Å². The van der Waals surface area contributed by atoms with Crippen molar-refractivity contribution in [3.63, 3.8) is 0 Å². The van der Waals surface area contributed by atoms with E-state index in [2.05, 4.69) is 4.98 Å². The number of aromatic nitrogens is 1. The Morgan fingerprint density at radius 2 is 1.97 bits per heavy atom. The van der Waals surface area contributed by atoms with Crippen LogP contribution < -0.4 is 9.64 Å². The van der Waals surface area contributed by atoms with E-state index in [0.29, 0.717) is 29.4 Å². The molecule has 0 atom stereocenters. The number of nitro groups is 1. The second-order valence-electron chi connectivity index (χ2n) is 6.86. The van der Waals surface area contributed by atoms with Crippen LogP contribution in [0.1, 0.15) is 16.8 Å². The van der Waals surface area contributed by atoms with Gasteiger partial charge in [0.15, 0.2) is 5.13 Å². The van der Waals surface area contributed by atoms with E-state index in [4.69, 9.17) is 16.3 Å². The molecule has 0 fully saturated rings. The van der Waals surface area contributed by atoms with Gasteiger partial charge in [0.05, 0.1) is 22.2 Å². The summed E-state index contributed by atoms with van der Waals surface area (Å²) in [5, 5.41) is 12.2. The highest BCUT2D eigenvalue weighted by Crippen LogP contribution is 2.33. The molecule has 0 saturated carbocycles. The zero-order valence-corrected chi connectivity index (χ0v) is 19.6. The third-order valence-electron chi connectivity index (χ3n) is 4.43. The first-order valence-corrected chi connectivity index (χ1v) is 10.3. The number of rotatable bonds is 8. The first-order chi connectivity index (χ1) is 14.3. The molecule has 8 nitrogen and oxygen atoms in total. The normalized spacial score (nSPS) is 10.7. The zero-order valence-electron chi connectivity index (χ0n) is 17.2. The van der Waals surface area contributed by atoms with Gasteiger partial charge in [-0.1, -0.05) is 22.9 Å². The van der Waals surface area contributed by atoms with Crippen LogP contribution in [0.15, 0.2) is 36.4 Å². The van der Waals surface area contributed by atoms with Crippen LogP contribution in [0.4, 0.5) is 10.8 Å². The number of fused-ring (bicyclic) bond motifs is 1. The van der Waals surface area contributed by atoms with Crippen LogP contribution in [0.5, 0.6) is 5.75 Å². The smallest absolute Gasteiger partial charge is 0.282 e. The summed E-state index contributed by atoms with van der Waals surface area (Å²) < 4.78 is 6.13. The number of amides is 1.